The van der Waals surface area contributed by atoms with Crippen molar-refractivity contribution in [2.24, 2.45) is 0 Å². The van der Waals surface area contributed by atoms with E-state index in [2.05, 4.69) is 217 Å². The quantitative estimate of drug-likeness (QED) is 0.176. The van der Waals surface area contributed by atoms with Gasteiger partial charge in [-0.1, -0.05) is 182 Å². The lowest BCUT2D eigenvalue weighted by Gasteiger charge is -2.46. The smallest absolute Gasteiger partial charge is 0.0725 e. The van der Waals surface area contributed by atoms with Crippen LogP contribution in [0.5, 0.6) is 0 Å². The van der Waals surface area contributed by atoms with Crippen molar-refractivity contribution in [2.45, 2.75) is 5.41 Å². The van der Waals surface area contributed by atoms with Gasteiger partial charge in [0.15, 0.2) is 0 Å². The molecule has 1 unspecified atom stereocenters. The highest BCUT2D eigenvalue weighted by molar-refractivity contribution is 6.15. The molecule has 1 nitrogen and oxygen atoms in total. The Bertz CT molecular complexity index is 3190. The summed E-state index contributed by atoms with van der Waals surface area (Å²) in [5.74, 6) is 0. The average Bonchev–Trinajstić information content (AvgIpc) is 3.27. The van der Waals surface area contributed by atoms with Crippen molar-refractivity contribution >= 4 is 49.4 Å². The van der Waals surface area contributed by atoms with E-state index in [4.69, 9.17) is 0 Å². The molecular weight excluding hydrogens is 675 g/mol. The molecule has 0 bridgehead atoms. The minimum atomic E-state index is -0.526. The third-order valence-corrected chi connectivity index (χ3v) is 12.4. The third kappa shape index (κ3) is 4.20. The molecule has 0 saturated heterocycles. The Morgan fingerprint density at radius 3 is 1.55 bits per heavy atom. The fourth-order valence-corrected chi connectivity index (χ4v) is 10.2. The molecule has 260 valence electrons. The number of rotatable bonds is 4. The van der Waals surface area contributed by atoms with Crippen LogP contribution in [0.25, 0.3) is 65.7 Å². The summed E-state index contributed by atoms with van der Waals surface area (Å²) in [6.45, 7) is 0. The van der Waals surface area contributed by atoms with Gasteiger partial charge in [-0.15, -0.1) is 0 Å². The monoisotopic (exact) mass is 709 g/mol. The van der Waals surface area contributed by atoms with Gasteiger partial charge in [0.25, 0.3) is 0 Å². The molecule has 0 aromatic heterocycles. The minimum absolute atomic E-state index is 0.526. The van der Waals surface area contributed by atoms with Gasteiger partial charge >= 0.3 is 0 Å². The first kappa shape index (κ1) is 31.2. The lowest BCUT2D eigenvalue weighted by molar-refractivity contribution is 0.754. The van der Waals surface area contributed by atoms with E-state index in [0.29, 0.717) is 0 Å². The number of hydrogen-bond donors (Lipinski definition) is 0. The van der Waals surface area contributed by atoms with Gasteiger partial charge < -0.3 is 4.90 Å². The summed E-state index contributed by atoms with van der Waals surface area (Å²) in [6.07, 6.45) is 0. The van der Waals surface area contributed by atoms with Crippen LogP contribution in [-0.2, 0) is 5.41 Å². The zero-order valence-corrected chi connectivity index (χ0v) is 30.7. The third-order valence-electron chi connectivity index (χ3n) is 12.4. The first-order valence-corrected chi connectivity index (χ1v) is 19.5. The van der Waals surface area contributed by atoms with Gasteiger partial charge in [-0.25, -0.2) is 0 Å². The summed E-state index contributed by atoms with van der Waals surface area (Å²) in [4.78, 5) is 2.50. The van der Waals surface area contributed by atoms with E-state index in [9.17, 15) is 0 Å². The zero-order valence-electron chi connectivity index (χ0n) is 30.7. The Kier molecular flexibility index (Phi) is 6.62. The molecule has 2 aliphatic carbocycles. The average molecular weight is 710 g/mol. The Morgan fingerprint density at radius 1 is 0.304 bits per heavy atom. The fraction of sp³-hybridized carbons (Fsp3) is 0.0182. The molecule has 0 fully saturated rings. The van der Waals surface area contributed by atoms with Gasteiger partial charge in [-0.3, -0.25) is 0 Å². The lowest BCUT2D eigenvalue weighted by Crippen LogP contribution is -2.36. The molecule has 1 spiro atoms. The molecule has 0 saturated carbocycles. The Balaban J connectivity index is 1.23. The highest BCUT2D eigenvalue weighted by atomic mass is 15.1. The summed E-state index contributed by atoms with van der Waals surface area (Å²) in [5.41, 5.74) is 15.8. The zero-order chi connectivity index (χ0) is 36.8. The van der Waals surface area contributed by atoms with Crippen molar-refractivity contribution in [3.63, 3.8) is 0 Å². The van der Waals surface area contributed by atoms with Crippen LogP contribution in [0.4, 0.5) is 17.1 Å². The SMILES string of the molecule is c1ccc(-c2cc3ccccc3cc2N(c2ccccc2)c2ccc3c4c(cccc24)C2(c4ccccc4-c4cccc5cccc2c45)c2ccccc2-3)cc1. The van der Waals surface area contributed by atoms with Gasteiger partial charge in [-0.2, -0.15) is 0 Å². The van der Waals surface area contributed by atoms with Crippen LogP contribution in [0.2, 0.25) is 0 Å². The molecule has 1 atom stereocenters. The largest absolute Gasteiger partial charge is 0.309 e. The molecule has 0 heterocycles. The first-order chi connectivity index (χ1) is 27.8. The Hall–Kier alpha value is -7.22. The Morgan fingerprint density at radius 2 is 0.821 bits per heavy atom. The highest BCUT2D eigenvalue weighted by Gasteiger charge is 2.48. The van der Waals surface area contributed by atoms with Crippen LogP contribution in [-0.4, -0.2) is 0 Å². The van der Waals surface area contributed by atoms with Gasteiger partial charge in [0.2, 0.25) is 0 Å². The van der Waals surface area contributed by atoms with Crippen molar-refractivity contribution in [3.8, 4) is 33.4 Å². The molecule has 56 heavy (non-hydrogen) atoms. The van der Waals surface area contributed by atoms with E-state index in [1.807, 2.05) is 0 Å². The number of para-hydroxylation sites is 1. The van der Waals surface area contributed by atoms with Crippen molar-refractivity contribution in [1.82, 2.24) is 0 Å². The number of fused-ring (bicyclic) bond motifs is 9. The van der Waals surface area contributed by atoms with Gasteiger partial charge in [0.1, 0.15) is 0 Å². The second-order valence-electron chi connectivity index (χ2n) is 15.2. The van der Waals surface area contributed by atoms with E-state index in [1.54, 1.807) is 0 Å². The summed E-state index contributed by atoms with van der Waals surface area (Å²) in [7, 11) is 0. The molecular formula is C55H35N. The molecule has 12 rings (SSSR count). The van der Waals surface area contributed by atoms with E-state index < -0.39 is 5.41 Å². The number of hydrogen-bond acceptors (Lipinski definition) is 1. The van der Waals surface area contributed by atoms with Crippen molar-refractivity contribution < 1.29 is 0 Å². The van der Waals surface area contributed by atoms with E-state index in [0.717, 1.165) is 17.1 Å². The minimum Gasteiger partial charge on any atom is -0.309 e. The molecule has 10 aromatic carbocycles. The van der Waals surface area contributed by atoms with Gasteiger partial charge in [0, 0.05) is 16.6 Å². The number of nitrogens with zero attached hydrogens (tertiary/aromatic N) is 1. The van der Waals surface area contributed by atoms with Crippen LogP contribution in [0.3, 0.4) is 0 Å². The predicted molar refractivity (Wildman–Crippen MR) is 235 cm³/mol. The summed E-state index contributed by atoms with van der Waals surface area (Å²) in [5, 5.41) is 7.59. The number of anilines is 3. The lowest BCUT2D eigenvalue weighted by atomic mass is 9.55. The maximum absolute atomic E-state index is 2.50. The van der Waals surface area contributed by atoms with Crippen LogP contribution in [0, 0.1) is 0 Å². The standard InChI is InChI=1S/C55H35N/c1-3-16-36(17-4-1)46-34-38-18-7-8-19-39(38)35-52(46)56(40-22-5-2-6-23-40)51-33-32-44-42-25-10-12-29-48(42)55(50-31-15-27-45(51)54(44)50)47-28-11-9-24-41(47)43-26-13-20-37-21-14-30-49(55)53(37)43/h1-35H. The molecule has 0 aliphatic heterocycles. The molecule has 10 aromatic rings. The van der Waals surface area contributed by atoms with Crippen molar-refractivity contribution in [2.75, 3.05) is 4.90 Å². The van der Waals surface area contributed by atoms with E-state index in [-0.39, 0.29) is 0 Å². The van der Waals surface area contributed by atoms with Crippen molar-refractivity contribution in [3.05, 3.63) is 235 Å². The molecule has 2 aliphatic rings. The second kappa shape index (κ2) is 11.9. The maximum atomic E-state index is 2.50. The van der Waals surface area contributed by atoms with Crippen LogP contribution in [0.1, 0.15) is 22.3 Å². The van der Waals surface area contributed by atoms with Crippen molar-refractivity contribution in [1.29, 1.82) is 0 Å². The molecule has 1 heteroatoms. The van der Waals surface area contributed by atoms with E-state index in [1.165, 1.54) is 88.0 Å². The number of benzene rings is 10. The molecule has 0 radical (unpaired) electrons. The predicted octanol–water partition coefficient (Wildman–Crippen LogP) is 14.6. The topological polar surface area (TPSA) is 3.24 Å². The van der Waals surface area contributed by atoms with Crippen LogP contribution >= 0.6 is 0 Å². The first-order valence-electron chi connectivity index (χ1n) is 19.5. The summed E-state index contributed by atoms with van der Waals surface area (Å²) < 4.78 is 0. The van der Waals surface area contributed by atoms with E-state index >= 15 is 0 Å². The molecule has 0 N–H and O–H groups in total. The second-order valence-corrected chi connectivity index (χ2v) is 15.2. The fourth-order valence-electron chi connectivity index (χ4n) is 10.2. The maximum Gasteiger partial charge on any atom is 0.0725 e. The Labute approximate surface area is 326 Å². The summed E-state index contributed by atoms with van der Waals surface area (Å²) in [6, 6.07) is 79.0. The van der Waals surface area contributed by atoms with Crippen LogP contribution < -0.4 is 4.90 Å². The van der Waals surface area contributed by atoms with Gasteiger partial charge in [0.05, 0.1) is 16.8 Å². The van der Waals surface area contributed by atoms with Crippen LogP contribution in [0.15, 0.2) is 212 Å². The normalized spacial score (nSPS) is 14.9. The highest BCUT2D eigenvalue weighted by Crippen LogP contribution is 2.61. The molecule has 0 amide bonds. The summed E-state index contributed by atoms with van der Waals surface area (Å²) >= 11 is 0. The van der Waals surface area contributed by atoms with Gasteiger partial charge in [-0.05, 0) is 107 Å².